The molecule has 0 radical (unpaired) electrons. The van der Waals surface area contributed by atoms with Gasteiger partial charge in [0.15, 0.2) is 75.9 Å². The second-order valence-corrected chi connectivity index (χ2v) is 36.9. The van der Waals surface area contributed by atoms with Crippen molar-refractivity contribution in [2.45, 2.75) is 226 Å². The molecule has 0 aromatic heterocycles. The van der Waals surface area contributed by atoms with Crippen LogP contribution in [0, 0.1) is 0 Å². The van der Waals surface area contributed by atoms with E-state index in [1.54, 1.807) is 0 Å². The van der Waals surface area contributed by atoms with Crippen LogP contribution in [0.1, 0.15) is 96.3 Å². The highest BCUT2D eigenvalue weighted by Gasteiger charge is 2.47. The second kappa shape index (κ2) is 63.8. The van der Waals surface area contributed by atoms with Crippen LogP contribution in [-0.2, 0) is 81.0 Å². The van der Waals surface area contributed by atoms with Crippen molar-refractivity contribution in [2.75, 3.05) is 92.0 Å². The lowest BCUT2D eigenvalue weighted by Gasteiger charge is -2.41. The molecule has 0 aromatic carbocycles. The maximum absolute atomic E-state index is 11.7. The van der Waals surface area contributed by atoms with Gasteiger partial charge < -0.3 is 201 Å². The topological polar surface area (TPSA) is 850 Å². The predicted molar refractivity (Wildman–Crippen MR) is 456 cm³/mol. The van der Waals surface area contributed by atoms with Gasteiger partial charge in [0, 0.05) is 51.8 Å². The molecule has 128 heavy (non-hydrogen) atoms. The van der Waals surface area contributed by atoms with Gasteiger partial charge in [-0.05, 0) is 85.2 Å². The largest absolute Gasteiger partial charge is 0.506 e. The first kappa shape index (κ1) is 118. The Morgan fingerprint density at radius 1 is 0.281 bits per heavy atom. The smallest absolute Gasteiger partial charge is 0.304 e. The second-order valence-electron chi connectivity index (χ2n) is 27.2. The molecule has 0 aliphatic carbocycles. The highest BCUT2D eigenvalue weighted by Crippen LogP contribution is 2.35. The molecule has 21 unspecified atom stereocenters. The summed E-state index contributed by atoms with van der Waals surface area (Å²) in [6.07, 6.45) is -54.5. The van der Waals surface area contributed by atoms with Crippen LogP contribution in [0.15, 0.2) is 69.1 Å². The Kier molecular flexibility index (Phi) is 58.8. The zero-order chi connectivity index (χ0) is 96.6. The molecule has 2 aliphatic rings. The minimum Gasteiger partial charge on any atom is -0.506 e. The highest BCUT2D eigenvalue weighted by molar-refractivity contribution is 8.00. The molecule has 0 saturated carbocycles. The van der Waals surface area contributed by atoms with Gasteiger partial charge in [0.05, 0.1) is 63.6 Å². The Labute approximate surface area is 763 Å². The van der Waals surface area contributed by atoms with Crippen molar-refractivity contribution in [3.8, 4) is 0 Å². The summed E-state index contributed by atoms with van der Waals surface area (Å²) in [5.74, 6) is -29.2. The Hall–Kier alpha value is -6.20. The standard InChI is InChI=1S/C72H114O48S8/c73-40(74)8-23-121-16-1-32(48(89)57(98)66(106)113-34(3-18-123-25-10-42(77)78)50(91)59(100)68(108)115-36(5-20-125-27-12-44(81)82)52(93)61(102)70(110)117-38(55(96)64-71(111)120-64)7-22-127-29-14-46(85)86)112-65(105)58(99)49(90)33(2-17-122-24-9-41(75)76)114-67(107)60(101)51(92)35(4-19-124-26-11-43(79)80)116-69(109)62(103)53(94)37(6-21-126-28-13-45(83)84)118-72-63(104)56(97)54(95)39(119-72)31-128-30-15-47(87)88/h32-39,52,54,56,61,63,65-72,89-111H,1-31H2,(H,73,74)(H,75,76)(H,77,78)(H,79,80)(H,81,82)(H,83,84)(H,85,86)(H,87,88)/b57-48+,58-49-,59-50-,60-51+,62-53+,64-55-. The Morgan fingerprint density at radius 2 is 0.531 bits per heavy atom. The van der Waals surface area contributed by atoms with Crippen LogP contribution >= 0.6 is 94.1 Å². The van der Waals surface area contributed by atoms with Crippen molar-refractivity contribution < 1.29 is 239 Å². The van der Waals surface area contributed by atoms with E-state index in [1.807, 2.05) is 0 Å². The minimum absolute atomic E-state index is 0.00787. The van der Waals surface area contributed by atoms with Gasteiger partial charge in [0.25, 0.3) is 6.29 Å². The quantitative estimate of drug-likeness (QED) is 0.0176. The molecule has 2 fully saturated rings. The molecule has 2 aliphatic heterocycles. The van der Waals surface area contributed by atoms with Crippen LogP contribution in [0.2, 0.25) is 0 Å². The number of carboxylic acids is 8. The number of carbonyl (C=O) groups is 8. The molecule has 738 valence electrons. The van der Waals surface area contributed by atoms with Gasteiger partial charge in [-0.3, -0.25) is 38.4 Å². The number of ether oxygens (including phenoxy) is 9. The Bertz CT molecular complexity index is 3600. The lowest BCUT2D eigenvalue weighted by atomic mass is 10.00. The molecule has 0 amide bonds. The van der Waals surface area contributed by atoms with E-state index in [4.69, 9.17) is 52.8 Å². The molecule has 0 aromatic rings. The van der Waals surface area contributed by atoms with Crippen LogP contribution in [0.25, 0.3) is 0 Å². The van der Waals surface area contributed by atoms with E-state index < -0.39 is 317 Å². The molecule has 2 heterocycles. The van der Waals surface area contributed by atoms with Crippen molar-refractivity contribution in [1.29, 1.82) is 0 Å². The van der Waals surface area contributed by atoms with Crippen molar-refractivity contribution >= 4 is 142 Å². The van der Waals surface area contributed by atoms with Crippen molar-refractivity contribution in [1.82, 2.24) is 0 Å². The fraction of sp³-hybridized carbons (Fsp3) is 0.722. The normalized spacial score (nSPS) is 21.5. The third kappa shape index (κ3) is 46.4. The van der Waals surface area contributed by atoms with Gasteiger partial charge in [-0.25, -0.2) is 0 Å². The molecule has 31 N–H and O–H groups in total. The predicted octanol–water partition coefficient (Wildman–Crippen LogP) is 1.27. The number of aliphatic carboxylic acids is 8. The lowest BCUT2D eigenvalue weighted by molar-refractivity contribution is -0.302. The maximum Gasteiger partial charge on any atom is 0.304 e. The van der Waals surface area contributed by atoms with Gasteiger partial charge in [0.2, 0.25) is 37.2 Å². The first-order valence-corrected chi connectivity index (χ1v) is 47.9. The molecule has 0 bridgehead atoms. The molecule has 21 atom stereocenters. The van der Waals surface area contributed by atoms with E-state index in [0.29, 0.717) is 0 Å². The summed E-state index contributed by atoms with van der Waals surface area (Å²) in [6.45, 7) is 0. The average Bonchev–Trinajstić information content (AvgIpc) is 1.70. The van der Waals surface area contributed by atoms with Crippen molar-refractivity contribution in [2.24, 2.45) is 0 Å². The Balaban J connectivity index is 2.80. The first-order valence-electron chi connectivity index (χ1n) is 38.7. The van der Waals surface area contributed by atoms with E-state index in [0.717, 1.165) is 94.1 Å². The van der Waals surface area contributed by atoms with Crippen molar-refractivity contribution in [3.05, 3.63) is 69.1 Å². The summed E-state index contributed by atoms with van der Waals surface area (Å²) in [6, 6.07) is 0. The zero-order valence-electron chi connectivity index (χ0n) is 68.1. The van der Waals surface area contributed by atoms with E-state index in [9.17, 15) is 186 Å². The summed E-state index contributed by atoms with van der Waals surface area (Å²) in [5.41, 5.74) is 0. The number of hydrogen-bond donors (Lipinski definition) is 31. The molecular weight excluding hydrogens is 1890 g/mol. The summed E-state index contributed by atoms with van der Waals surface area (Å²) in [5, 5.41) is 333. The minimum atomic E-state index is -2.98. The summed E-state index contributed by atoms with van der Waals surface area (Å²) < 4.78 is 49.0. The fourth-order valence-electron chi connectivity index (χ4n) is 10.4. The van der Waals surface area contributed by atoms with E-state index in [1.165, 1.54) is 0 Å². The Morgan fingerprint density at radius 3 is 0.812 bits per heavy atom. The third-order valence-corrected chi connectivity index (χ3v) is 25.6. The number of thioether (sulfide) groups is 8. The van der Waals surface area contributed by atoms with Crippen LogP contribution in [0.5, 0.6) is 0 Å². The van der Waals surface area contributed by atoms with Gasteiger partial charge >= 0.3 is 47.8 Å². The van der Waals surface area contributed by atoms with Gasteiger partial charge in [0.1, 0.15) is 67.1 Å². The van der Waals surface area contributed by atoms with Crippen LogP contribution in [0.3, 0.4) is 0 Å². The lowest BCUT2D eigenvalue weighted by Crippen LogP contribution is -2.59. The summed E-state index contributed by atoms with van der Waals surface area (Å²) in [4.78, 5) is 90.2. The fourth-order valence-corrected chi connectivity index (χ4v) is 17.8. The summed E-state index contributed by atoms with van der Waals surface area (Å²) >= 11 is 7.25. The molecular formula is C72H114O48S8. The SMILES string of the molecule is O=C(O)CCSCCC(OC(O)/C(O)=C(\O)C(CCSCCC(=O)O)OC(O)/C(O)=C(/O)C(CCSCCC(=O)O)OC(O)/C(O)=C(\O)C(CCSCCC(=O)O)OC(O)/C(O)=C(\O)C(CCSCCC(=O)O)OC1OC(CSCCC(=O)O)C(O)C(O)C1O)/C(O)=C(/O)C(O)OC(CCSCCC(=O)O)C(O)C(O)C(O)OC(CCSCCC(=O)O)/C(O)=C1/OC1O. The first-order chi connectivity index (χ1) is 60.2. The third-order valence-electron chi connectivity index (χ3n) is 17.4. The molecule has 56 heteroatoms. The number of rotatable bonds is 75. The van der Waals surface area contributed by atoms with Gasteiger partial charge in [-0.1, -0.05) is 0 Å². The number of hydrogen-bond acceptors (Lipinski definition) is 48. The van der Waals surface area contributed by atoms with Crippen LogP contribution < -0.4 is 0 Å². The van der Waals surface area contributed by atoms with E-state index in [2.05, 4.69) is 0 Å². The maximum atomic E-state index is 11.7. The summed E-state index contributed by atoms with van der Waals surface area (Å²) in [7, 11) is 0. The van der Waals surface area contributed by atoms with E-state index in [-0.39, 0.29) is 118 Å². The van der Waals surface area contributed by atoms with Crippen LogP contribution in [-0.4, -0.2) is 428 Å². The highest BCUT2D eigenvalue weighted by atomic mass is 32.2. The molecule has 0 spiro atoms. The monoisotopic (exact) mass is 2000 g/mol. The van der Waals surface area contributed by atoms with Gasteiger partial charge in [-0.2, -0.15) is 94.1 Å². The number of carboxylic acid groups (broad SMARTS) is 8. The number of aliphatic hydroxyl groups is 23. The molecule has 2 saturated heterocycles. The number of epoxide rings is 1. The average molecular weight is 2000 g/mol. The molecule has 2 rings (SSSR count). The van der Waals surface area contributed by atoms with Crippen molar-refractivity contribution in [3.63, 3.8) is 0 Å². The zero-order valence-corrected chi connectivity index (χ0v) is 74.6. The molecule has 48 nitrogen and oxygen atoms in total. The van der Waals surface area contributed by atoms with Gasteiger partial charge in [-0.15, -0.1) is 0 Å². The van der Waals surface area contributed by atoms with E-state index >= 15 is 0 Å². The van der Waals surface area contributed by atoms with Crippen LogP contribution in [0.4, 0.5) is 0 Å². The number of aliphatic hydroxyl groups excluding tert-OH is 23.